The largest absolute Gasteiger partial charge is 0.378 e. The van der Waals surface area contributed by atoms with Crippen LogP contribution in [0.3, 0.4) is 0 Å². The smallest absolute Gasteiger partial charge is 0.246 e. The summed E-state index contributed by atoms with van der Waals surface area (Å²) in [6, 6.07) is 7.26. The molecule has 5 rings (SSSR count). The van der Waals surface area contributed by atoms with Gasteiger partial charge in [0.05, 0.1) is 31.6 Å². The van der Waals surface area contributed by atoms with Crippen LogP contribution < -0.4 is 10.2 Å². The van der Waals surface area contributed by atoms with Crippen LogP contribution in [0.5, 0.6) is 0 Å². The Morgan fingerprint density at radius 3 is 2.57 bits per heavy atom. The van der Waals surface area contributed by atoms with Gasteiger partial charge in [0.15, 0.2) is 0 Å². The summed E-state index contributed by atoms with van der Waals surface area (Å²) >= 11 is 0. The highest BCUT2D eigenvalue weighted by atomic mass is 16.5. The van der Waals surface area contributed by atoms with Crippen molar-refractivity contribution in [1.29, 1.82) is 0 Å². The van der Waals surface area contributed by atoms with Crippen LogP contribution in [0.4, 0.5) is 17.3 Å². The fourth-order valence-electron chi connectivity index (χ4n) is 3.90. The van der Waals surface area contributed by atoms with Crippen molar-refractivity contribution >= 4 is 17.3 Å². The van der Waals surface area contributed by atoms with E-state index in [4.69, 9.17) is 4.74 Å². The molecule has 0 unspecified atom stereocenters. The van der Waals surface area contributed by atoms with Crippen LogP contribution in [0.2, 0.25) is 0 Å². The van der Waals surface area contributed by atoms with E-state index in [1.54, 1.807) is 23.4 Å². The highest BCUT2D eigenvalue weighted by Crippen LogP contribution is 2.26. The third-order valence-electron chi connectivity index (χ3n) is 5.76. The molecule has 0 spiro atoms. The summed E-state index contributed by atoms with van der Waals surface area (Å²) in [5.74, 6) is 0.549. The summed E-state index contributed by atoms with van der Waals surface area (Å²) in [5.41, 5.74) is 4.31. The van der Waals surface area contributed by atoms with Crippen LogP contribution in [0, 0.1) is 0 Å². The Labute approximate surface area is 177 Å². The van der Waals surface area contributed by atoms with Crippen LogP contribution >= 0.6 is 0 Å². The number of aryl methyl sites for hydroxylation is 1. The van der Waals surface area contributed by atoms with Crippen molar-refractivity contribution in [2.45, 2.75) is 19.4 Å². The molecular weight excluding hydrogens is 380 g/mol. The molecule has 0 aliphatic carbocycles. The van der Waals surface area contributed by atoms with Crippen LogP contribution in [-0.4, -0.2) is 75.1 Å². The molecule has 2 fully saturated rings. The molecule has 2 aromatic heterocycles. The second-order valence-electron chi connectivity index (χ2n) is 7.69. The molecule has 1 N–H and O–H groups in total. The third-order valence-corrected chi connectivity index (χ3v) is 5.76. The van der Waals surface area contributed by atoms with E-state index in [9.17, 15) is 0 Å². The zero-order valence-electron chi connectivity index (χ0n) is 17.1. The van der Waals surface area contributed by atoms with Gasteiger partial charge in [-0.05, 0) is 30.2 Å². The standard InChI is InChI=1S/C21H26N8O.H2/c1-2-16-7-17(25-21-24-15-29(26-21)19-10-22-14-23-11-19)9-18(8-16)27-3-5-28(6-4-27)20-12-30-13-20;/h7-11,14-15,20H,2-6,12-13H2,1H3,(H,25,26);1H. The van der Waals surface area contributed by atoms with Gasteiger partial charge in [-0.15, -0.1) is 5.10 Å². The molecule has 30 heavy (non-hydrogen) atoms. The quantitative estimate of drug-likeness (QED) is 0.664. The van der Waals surface area contributed by atoms with Gasteiger partial charge in [0.25, 0.3) is 0 Å². The Morgan fingerprint density at radius 1 is 1.07 bits per heavy atom. The summed E-state index contributed by atoms with van der Waals surface area (Å²) in [6.45, 7) is 8.17. The van der Waals surface area contributed by atoms with Crippen molar-refractivity contribution in [3.05, 3.63) is 48.8 Å². The lowest BCUT2D eigenvalue weighted by Gasteiger charge is -2.43. The van der Waals surface area contributed by atoms with E-state index in [1.807, 2.05) is 0 Å². The van der Waals surface area contributed by atoms with Gasteiger partial charge < -0.3 is 15.0 Å². The van der Waals surface area contributed by atoms with E-state index in [0.717, 1.165) is 57.2 Å². The summed E-state index contributed by atoms with van der Waals surface area (Å²) in [6.07, 6.45) is 7.55. The minimum Gasteiger partial charge on any atom is -0.378 e. The van der Waals surface area contributed by atoms with Gasteiger partial charge >= 0.3 is 0 Å². The number of nitrogens with zero attached hydrogens (tertiary/aromatic N) is 7. The highest BCUT2D eigenvalue weighted by Gasteiger charge is 2.29. The average Bonchev–Trinajstić information content (AvgIpc) is 3.22. The first-order valence-electron chi connectivity index (χ1n) is 10.4. The maximum absolute atomic E-state index is 5.35. The molecule has 0 saturated carbocycles. The molecule has 9 nitrogen and oxygen atoms in total. The van der Waals surface area contributed by atoms with Gasteiger partial charge in [0.1, 0.15) is 18.3 Å². The summed E-state index contributed by atoms with van der Waals surface area (Å²) in [4.78, 5) is 17.5. The first-order chi connectivity index (χ1) is 14.8. The van der Waals surface area contributed by atoms with E-state index in [0.29, 0.717) is 12.0 Å². The van der Waals surface area contributed by atoms with E-state index >= 15 is 0 Å². The summed E-state index contributed by atoms with van der Waals surface area (Å²) < 4.78 is 7.01. The van der Waals surface area contributed by atoms with Crippen molar-refractivity contribution < 1.29 is 6.16 Å². The van der Waals surface area contributed by atoms with Gasteiger partial charge in [0, 0.05) is 39.0 Å². The number of rotatable bonds is 6. The predicted molar refractivity (Wildman–Crippen MR) is 117 cm³/mol. The van der Waals surface area contributed by atoms with E-state index in [2.05, 4.69) is 60.3 Å². The number of hydrogen-bond acceptors (Lipinski definition) is 8. The summed E-state index contributed by atoms with van der Waals surface area (Å²) in [5, 5.41) is 7.86. The number of benzene rings is 1. The molecule has 1 aromatic carbocycles. The fourth-order valence-corrected chi connectivity index (χ4v) is 3.90. The van der Waals surface area contributed by atoms with Crippen LogP contribution in [0.1, 0.15) is 13.9 Å². The Kier molecular flexibility index (Phi) is 5.29. The summed E-state index contributed by atoms with van der Waals surface area (Å²) in [7, 11) is 0. The number of aromatic nitrogens is 5. The van der Waals surface area contributed by atoms with Crippen molar-refractivity contribution in [2.24, 2.45) is 0 Å². The van der Waals surface area contributed by atoms with Gasteiger partial charge in [-0.2, -0.15) is 4.98 Å². The predicted octanol–water partition coefficient (Wildman–Crippen LogP) is 2.13. The van der Waals surface area contributed by atoms with E-state index in [-0.39, 0.29) is 1.43 Å². The van der Waals surface area contributed by atoms with E-state index in [1.165, 1.54) is 17.6 Å². The second kappa shape index (κ2) is 8.37. The molecule has 2 aliphatic rings. The lowest BCUT2D eigenvalue weighted by molar-refractivity contribution is -0.0660. The Morgan fingerprint density at radius 2 is 1.87 bits per heavy atom. The van der Waals surface area contributed by atoms with Crippen LogP contribution in [-0.2, 0) is 11.2 Å². The van der Waals surface area contributed by atoms with Crippen molar-refractivity contribution in [1.82, 2.24) is 29.6 Å². The minimum atomic E-state index is 0. The SMILES string of the molecule is CCc1cc(Nc2ncn(-c3cncnc3)n2)cc(N2CCN(C3COC3)CC2)c1.[HH]. The third kappa shape index (κ3) is 3.99. The molecule has 0 amide bonds. The Balaban J connectivity index is 0.00000231. The molecule has 3 aromatic rings. The molecule has 158 valence electrons. The van der Waals surface area contributed by atoms with Gasteiger partial charge in [0.2, 0.25) is 5.95 Å². The molecule has 0 atom stereocenters. The highest BCUT2D eigenvalue weighted by molar-refractivity contribution is 5.64. The Hall–Kier alpha value is -3.04. The monoisotopic (exact) mass is 408 g/mol. The molecular formula is C21H28N8O. The molecule has 9 heteroatoms. The number of piperazine rings is 1. The fraction of sp³-hybridized carbons (Fsp3) is 0.429. The Bertz CT molecular complexity index is 986. The normalized spacial score (nSPS) is 17.7. The molecule has 2 saturated heterocycles. The molecule has 0 bridgehead atoms. The first-order valence-corrected chi connectivity index (χ1v) is 10.4. The van der Waals surface area contributed by atoms with Crippen LogP contribution in [0.15, 0.2) is 43.2 Å². The van der Waals surface area contributed by atoms with Gasteiger partial charge in [-0.3, -0.25) is 4.90 Å². The van der Waals surface area contributed by atoms with Crippen LogP contribution in [0.25, 0.3) is 5.69 Å². The maximum Gasteiger partial charge on any atom is 0.246 e. The molecule has 4 heterocycles. The van der Waals surface area contributed by atoms with Gasteiger partial charge in [-0.1, -0.05) is 6.92 Å². The zero-order valence-corrected chi connectivity index (χ0v) is 17.1. The number of ether oxygens (including phenoxy) is 1. The number of nitrogens with one attached hydrogen (secondary N) is 1. The first kappa shape index (κ1) is 19.0. The van der Waals surface area contributed by atoms with E-state index < -0.39 is 0 Å². The number of anilines is 3. The van der Waals surface area contributed by atoms with Crippen molar-refractivity contribution in [3.8, 4) is 5.69 Å². The minimum absolute atomic E-state index is 0. The lowest BCUT2D eigenvalue weighted by Crippen LogP contribution is -2.56. The topological polar surface area (TPSA) is 84.2 Å². The average molecular weight is 409 g/mol. The maximum atomic E-state index is 5.35. The zero-order chi connectivity index (χ0) is 20.3. The lowest BCUT2D eigenvalue weighted by atomic mass is 10.1. The van der Waals surface area contributed by atoms with Crippen molar-refractivity contribution in [3.63, 3.8) is 0 Å². The second-order valence-corrected chi connectivity index (χ2v) is 7.69. The number of hydrogen-bond donors (Lipinski definition) is 1. The van der Waals surface area contributed by atoms with Gasteiger partial charge in [-0.25, -0.2) is 14.6 Å². The van der Waals surface area contributed by atoms with Crippen molar-refractivity contribution in [2.75, 3.05) is 49.6 Å². The molecule has 0 radical (unpaired) electrons. The molecule has 2 aliphatic heterocycles.